The standard InChI is InChI=1S/C16H19F2NO3/c17-15(18)11-4-3-5-12(10-11)16(22)19-9-2-1-6-13(19)7-8-14(20)21/h3-5,10,13,15H,1-2,6-9H2,(H,20,21). The summed E-state index contributed by atoms with van der Waals surface area (Å²) in [5, 5.41) is 8.80. The summed E-state index contributed by atoms with van der Waals surface area (Å²) in [6, 6.07) is 5.35. The Morgan fingerprint density at radius 2 is 2.09 bits per heavy atom. The number of piperidine rings is 1. The molecule has 1 heterocycles. The van der Waals surface area contributed by atoms with Gasteiger partial charge in [-0.15, -0.1) is 0 Å². The van der Waals surface area contributed by atoms with Gasteiger partial charge in [0.1, 0.15) is 0 Å². The second-order valence-corrected chi connectivity index (χ2v) is 5.51. The molecular weight excluding hydrogens is 292 g/mol. The zero-order valence-corrected chi connectivity index (χ0v) is 12.2. The van der Waals surface area contributed by atoms with E-state index in [0.717, 1.165) is 19.3 Å². The summed E-state index contributed by atoms with van der Waals surface area (Å²) in [4.78, 5) is 24.9. The maximum absolute atomic E-state index is 12.7. The number of carbonyl (C=O) groups is 2. The van der Waals surface area contributed by atoms with Gasteiger partial charge in [0, 0.05) is 30.1 Å². The highest BCUT2D eigenvalue weighted by Crippen LogP contribution is 2.25. The Morgan fingerprint density at radius 3 is 2.77 bits per heavy atom. The van der Waals surface area contributed by atoms with Crippen molar-refractivity contribution in [3.63, 3.8) is 0 Å². The van der Waals surface area contributed by atoms with Gasteiger partial charge in [-0.05, 0) is 37.8 Å². The van der Waals surface area contributed by atoms with Crippen LogP contribution in [-0.2, 0) is 4.79 Å². The SMILES string of the molecule is O=C(O)CCC1CCCCN1C(=O)c1cccc(C(F)F)c1. The van der Waals surface area contributed by atoms with Gasteiger partial charge >= 0.3 is 5.97 Å². The number of aliphatic carboxylic acids is 1. The maximum Gasteiger partial charge on any atom is 0.303 e. The van der Waals surface area contributed by atoms with Gasteiger partial charge in [-0.2, -0.15) is 0 Å². The molecule has 0 aromatic heterocycles. The fourth-order valence-corrected chi connectivity index (χ4v) is 2.83. The van der Waals surface area contributed by atoms with Gasteiger partial charge in [-0.25, -0.2) is 8.78 Å². The highest BCUT2D eigenvalue weighted by molar-refractivity contribution is 5.94. The summed E-state index contributed by atoms with van der Waals surface area (Å²) in [6.45, 7) is 0.544. The molecule has 0 spiro atoms. The summed E-state index contributed by atoms with van der Waals surface area (Å²) >= 11 is 0. The average molecular weight is 311 g/mol. The molecule has 0 aliphatic carbocycles. The van der Waals surface area contributed by atoms with Crippen LogP contribution in [0.1, 0.15) is 54.5 Å². The number of hydrogen-bond acceptors (Lipinski definition) is 2. The van der Waals surface area contributed by atoms with Crippen LogP contribution < -0.4 is 0 Å². The highest BCUT2D eigenvalue weighted by atomic mass is 19.3. The van der Waals surface area contributed by atoms with Gasteiger partial charge in [-0.1, -0.05) is 12.1 Å². The first-order valence-electron chi connectivity index (χ1n) is 7.40. The van der Waals surface area contributed by atoms with E-state index in [1.807, 2.05) is 0 Å². The van der Waals surface area contributed by atoms with Crippen molar-refractivity contribution in [3.05, 3.63) is 35.4 Å². The number of benzene rings is 1. The van der Waals surface area contributed by atoms with Crippen molar-refractivity contribution in [3.8, 4) is 0 Å². The van der Waals surface area contributed by atoms with Crippen molar-refractivity contribution in [1.82, 2.24) is 4.90 Å². The molecule has 0 saturated carbocycles. The van der Waals surface area contributed by atoms with Crippen LogP contribution in [0.5, 0.6) is 0 Å². The molecule has 1 unspecified atom stereocenters. The van der Waals surface area contributed by atoms with Crippen LogP contribution in [0.4, 0.5) is 8.78 Å². The zero-order chi connectivity index (χ0) is 16.1. The van der Waals surface area contributed by atoms with Crippen LogP contribution in [0.15, 0.2) is 24.3 Å². The third-order valence-corrected chi connectivity index (χ3v) is 3.96. The number of rotatable bonds is 5. The smallest absolute Gasteiger partial charge is 0.303 e. The van der Waals surface area contributed by atoms with E-state index in [1.165, 1.54) is 24.3 Å². The summed E-state index contributed by atoms with van der Waals surface area (Å²) in [7, 11) is 0. The van der Waals surface area contributed by atoms with Crippen molar-refractivity contribution in [2.24, 2.45) is 0 Å². The second kappa shape index (κ2) is 7.33. The van der Waals surface area contributed by atoms with Crippen LogP contribution in [0.25, 0.3) is 0 Å². The minimum atomic E-state index is -2.61. The lowest BCUT2D eigenvalue weighted by Gasteiger charge is -2.35. The highest BCUT2D eigenvalue weighted by Gasteiger charge is 2.28. The molecule has 1 fully saturated rings. The number of alkyl halides is 2. The summed E-state index contributed by atoms with van der Waals surface area (Å²) < 4.78 is 25.5. The largest absolute Gasteiger partial charge is 0.481 e. The van der Waals surface area contributed by atoms with Crippen LogP contribution in [0, 0.1) is 0 Å². The molecule has 1 aromatic carbocycles. The van der Waals surface area contributed by atoms with E-state index in [1.54, 1.807) is 4.90 Å². The van der Waals surface area contributed by atoms with Crippen molar-refractivity contribution in [1.29, 1.82) is 0 Å². The molecule has 4 nitrogen and oxygen atoms in total. The lowest BCUT2D eigenvalue weighted by atomic mass is 9.96. The van der Waals surface area contributed by atoms with E-state index in [-0.39, 0.29) is 29.5 Å². The Hall–Kier alpha value is -1.98. The summed E-state index contributed by atoms with van der Waals surface area (Å²) in [5.74, 6) is -1.18. The van der Waals surface area contributed by atoms with E-state index in [2.05, 4.69) is 0 Å². The summed E-state index contributed by atoms with van der Waals surface area (Å²) in [6.07, 6.45) is 0.348. The third-order valence-electron chi connectivity index (χ3n) is 3.96. The van der Waals surface area contributed by atoms with Gasteiger partial charge in [0.25, 0.3) is 12.3 Å². The van der Waals surface area contributed by atoms with Gasteiger partial charge in [0.2, 0.25) is 0 Å². The first-order chi connectivity index (χ1) is 10.5. The van der Waals surface area contributed by atoms with Gasteiger partial charge in [-0.3, -0.25) is 9.59 Å². The minimum absolute atomic E-state index is 0.00548. The molecule has 1 saturated heterocycles. The van der Waals surface area contributed by atoms with Gasteiger partial charge in [0.15, 0.2) is 0 Å². The molecule has 1 amide bonds. The van der Waals surface area contributed by atoms with Crippen LogP contribution in [0.3, 0.4) is 0 Å². The molecule has 1 aliphatic heterocycles. The van der Waals surface area contributed by atoms with Crippen LogP contribution in [-0.4, -0.2) is 34.5 Å². The van der Waals surface area contributed by atoms with E-state index in [0.29, 0.717) is 13.0 Å². The number of halogens is 2. The Labute approximate surface area is 127 Å². The van der Waals surface area contributed by atoms with Crippen LogP contribution >= 0.6 is 0 Å². The molecule has 2 rings (SSSR count). The number of amides is 1. The Balaban J connectivity index is 2.14. The topological polar surface area (TPSA) is 57.6 Å². The molecule has 22 heavy (non-hydrogen) atoms. The normalized spacial score (nSPS) is 18.5. The minimum Gasteiger partial charge on any atom is -0.481 e. The van der Waals surface area contributed by atoms with Gasteiger partial charge in [0.05, 0.1) is 0 Å². The number of nitrogens with zero attached hydrogens (tertiary/aromatic N) is 1. The van der Waals surface area contributed by atoms with Crippen molar-refractivity contribution in [2.75, 3.05) is 6.54 Å². The molecule has 1 aliphatic rings. The monoisotopic (exact) mass is 311 g/mol. The predicted octanol–water partition coefficient (Wildman–Crippen LogP) is 3.48. The van der Waals surface area contributed by atoms with Crippen molar-refractivity contribution < 1.29 is 23.5 Å². The quantitative estimate of drug-likeness (QED) is 0.905. The lowest BCUT2D eigenvalue weighted by Crippen LogP contribution is -2.44. The molecule has 0 radical (unpaired) electrons. The Morgan fingerprint density at radius 1 is 1.32 bits per heavy atom. The Kier molecular flexibility index (Phi) is 5.46. The number of likely N-dealkylation sites (tertiary alicyclic amines) is 1. The number of carboxylic acid groups (broad SMARTS) is 1. The lowest BCUT2D eigenvalue weighted by molar-refractivity contribution is -0.137. The zero-order valence-electron chi connectivity index (χ0n) is 12.2. The predicted molar refractivity (Wildman–Crippen MR) is 76.9 cm³/mol. The maximum atomic E-state index is 12.7. The molecule has 0 bridgehead atoms. The second-order valence-electron chi connectivity index (χ2n) is 5.51. The van der Waals surface area contributed by atoms with Gasteiger partial charge < -0.3 is 10.0 Å². The molecule has 1 N–H and O–H groups in total. The van der Waals surface area contributed by atoms with Crippen molar-refractivity contribution in [2.45, 2.75) is 44.6 Å². The van der Waals surface area contributed by atoms with E-state index >= 15 is 0 Å². The number of hydrogen-bond donors (Lipinski definition) is 1. The van der Waals surface area contributed by atoms with Crippen LogP contribution in [0.2, 0.25) is 0 Å². The van der Waals surface area contributed by atoms with E-state index in [4.69, 9.17) is 5.11 Å². The van der Waals surface area contributed by atoms with E-state index < -0.39 is 12.4 Å². The number of carboxylic acids is 1. The third kappa shape index (κ3) is 4.02. The molecule has 1 atom stereocenters. The molecular formula is C16H19F2NO3. The van der Waals surface area contributed by atoms with Crippen molar-refractivity contribution >= 4 is 11.9 Å². The fourth-order valence-electron chi connectivity index (χ4n) is 2.83. The summed E-state index contributed by atoms with van der Waals surface area (Å²) in [5.41, 5.74) is 0.0602. The van der Waals surface area contributed by atoms with E-state index in [9.17, 15) is 18.4 Å². The molecule has 120 valence electrons. The molecule has 1 aromatic rings. The average Bonchev–Trinajstić information content (AvgIpc) is 2.52. The number of carbonyl (C=O) groups excluding carboxylic acids is 1. The molecule has 6 heteroatoms. The first-order valence-corrected chi connectivity index (χ1v) is 7.40. The first kappa shape index (κ1) is 16.4. The fraction of sp³-hybridized carbons (Fsp3) is 0.500. The Bertz CT molecular complexity index is 548.